The molecule has 2 unspecified atom stereocenters. The standard InChI is InChI=1S/C11H12ClNO2.C10H8BrN/c12-8-3-1-7(2-4-8)9-5-13-6-10(9)11(14)15;11-10-4-2-1-3-9(10)8-5-6-12-7-8/h1-4,9-10,13H,5-6H2,(H,14,15);1-7,12H. The van der Waals surface area contributed by atoms with Crippen molar-refractivity contribution in [1.82, 2.24) is 10.3 Å². The Bertz CT molecular complexity index is 881. The highest BCUT2D eigenvalue weighted by Gasteiger charge is 2.33. The summed E-state index contributed by atoms with van der Waals surface area (Å²) in [5, 5.41) is 12.8. The second kappa shape index (κ2) is 9.22. The highest BCUT2D eigenvalue weighted by Crippen LogP contribution is 2.29. The molecule has 1 aliphatic heterocycles. The van der Waals surface area contributed by atoms with E-state index in [0.29, 0.717) is 11.6 Å². The van der Waals surface area contributed by atoms with Crippen LogP contribution in [0.2, 0.25) is 5.02 Å². The minimum atomic E-state index is -0.736. The summed E-state index contributed by atoms with van der Waals surface area (Å²) in [7, 11) is 0. The second-order valence-corrected chi connectivity index (χ2v) is 7.63. The van der Waals surface area contributed by atoms with Gasteiger partial charge in [0.25, 0.3) is 0 Å². The monoisotopic (exact) mass is 446 g/mol. The predicted molar refractivity (Wildman–Crippen MR) is 112 cm³/mol. The fraction of sp³-hybridized carbons (Fsp3) is 0.190. The third-order valence-corrected chi connectivity index (χ3v) is 5.56. The third-order valence-electron chi connectivity index (χ3n) is 4.61. The Morgan fingerprint density at radius 2 is 1.81 bits per heavy atom. The van der Waals surface area contributed by atoms with Gasteiger partial charge in [0.05, 0.1) is 5.92 Å². The number of rotatable bonds is 3. The molecule has 3 N–H and O–H groups in total. The van der Waals surface area contributed by atoms with E-state index >= 15 is 0 Å². The summed E-state index contributed by atoms with van der Waals surface area (Å²) in [6.07, 6.45) is 3.91. The number of nitrogens with one attached hydrogen (secondary N) is 2. The fourth-order valence-electron chi connectivity index (χ4n) is 3.19. The number of carboxylic acid groups (broad SMARTS) is 1. The molecule has 0 spiro atoms. The zero-order valence-electron chi connectivity index (χ0n) is 14.5. The zero-order valence-corrected chi connectivity index (χ0v) is 16.9. The number of H-pyrrole nitrogens is 1. The van der Waals surface area contributed by atoms with Gasteiger partial charge in [0, 0.05) is 46.5 Å². The van der Waals surface area contributed by atoms with Crippen LogP contribution in [0.15, 0.2) is 71.5 Å². The number of aliphatic carboxylic acids is 1. The molecule has 3 aromatic rings. The van der Waals surface area contributed by atoms with Gasteiger partial charge in [0.2, 0.25) is 0 Å². The minimum Gasteiger partial charge on any atom is -0.481 e. The normalized spacial score (nSPS) is 18.6. The highest BCUT2D eigenvalue weighted by atomic mass is 79.9. The minimum absolute atomic E-state index is 0.0553. The van der Waals surface area contributed by atoms with Gasteiger partial charge in [-0.15, -0.1) is 0 Å². The molecule has 4 nitrogen and oxygen atoms in total. The number of benzene rings is 2. The molecular weight excluding hydrogens is 428 g/mol. The third kappa shape index (κ3) is 5.01. The van der Waals surface area contributed by atoms with Gasteiger partial charge in [0.1, 0.15) is 0 Å². The summed E-state index contributed by atoms with van der Waals surface area (Å²) >= 11 is 9.29. The van der Waals surface area contributed by atoms with Crippen molar-refractivity contribution in [2.75, 3.05) is 13.1 Å². The Hall–Kier alpha value is -2.08. The molecule has 1 aromatic heterocycles. The predicted octanol–water partition coefficient (Wildman–Crippen LogP) is 5.17. The van der Waals surface area contributed by atoms with Gasteiger partial charge in [-0.25, -0.2) is 0 Å². The van der Waals surface area contributed by atoms with Crippen LogP contribution in [0, 0.1) is 5.92 Å². The largest absolute Gasteiger partial charge is 0.481 e. The van der Waals surface area contributed by atoms with Crippen LogP contribution < -0.4 is 5.32 Å². The van der Waals surface area contributed by atoms with Crippen molar-refractivity contribution >= 4 is 33.5 Å². The first kappa shape index (κ1) is 19.7. The smallest absolute Gasteiger partial charge is 0.308 e. The summed E-state index contributed by atoms with van der Waals surface area (Å²) in [5.41, 5.74) is 3.47. The molecule has 0 amide bonds. The molecule has 2 heterocycles. The van der Waals surface area contributed by atoms with Crippen molar-refractivity contribution in [2.24, 2.45) is 5.92 Å². The molecule has 140 valence electrons. The summed E-state index contributed by atoms with van der Waals surface area (Å²) in [5.74, 6) is -1.01. The molecule has 6 heteroatoms. The lowest BCUT2D eigenvalue weighted by Crippen LogP contribution is -2.20. The molecule has 2 aromatic carbocycles. The fourth-order valence-corrected chi connectivity index (χ4v) is 3.82. The Balaban J connectivity index is 0.000000159. The van der Waals surface area contributed by atoms with Gasteiger partial charge in [0.15, 0.2) is 0 Å². The van der Waals surface area contributed by atoms with Crippen LogP contribution in [0.1, 0.15) is 11.5 Å². The van der Waals surface area contributed by atoms with Crippen molar-refractivity contribution in [3.8, 4) is 11.1 Å². The molecule has 0 radical (unpaired) electrons. The van der Waals surface area contributed by atoms with Crippen molar-refractivity contribution in [1.29, 1.82) is 0 Å². The summed E-state index contributed by atoms with van der Waals surface area (Å²) in [6.45, 7) is 1.27. The van der Waals surface area contributed by atoms with Crippen molar-refractivity contribution < 1.29 is 9.90 Å². The molecule has 0 saturated carbocycles. The first-order valence-corrected chi connectivity index (χ1v) is 9.80. The molecule has 27 heavy (non-hydrogen) atoms. The maximum absolute atomic E-state index is 11.0. The summed E-state index contributed by atoms with van der Waals surface area (Å²) < 4.78 is 1.13. The van der Waals surface area contributed by atoms with E-state index in [0.717, 1.165) is 16.6 Å². The molecule has 4 rings (SSSR count). The molecule has 0 bridgehead atoms. The SMILES string of the molecule is Brc1ccccc1-c1cc[nH]c1.O=C(O)C1CNCC1c1ccc(Cl)cc1. The number of hydrogen-bond acceptors (Lipinski definition) is 2. The van der Waals surface area contributed by atoms with Crippen LogP contribution in [0.25, 0.3) is 11.1 Å². The summed E-state index contributed by atoms with van der Waals surface area (Å²) in [6, 6.07) is 17.6. The van der Waals surface area contributed by atoms with E-state index in [-0.39, 0.29) is 11.8 Å². The van der Waals surface area contributed by atoms with Gasteiger partial charge in [-0.05, 0) is 35.4 Å². The number of carbonyl (C=O) groups is 1. The maximum Gasteiger partial charge on any atom is 0.308 e. The molecule has 1 saturated heterocycles. The maximum atomic E-state index is 11.0. The zero-order chi connectivity index (χ0) is 19.2. The average Bonchev–Trinajstić information content (AvgIpc) is 3.35. The Morgan fingerprint density at radius 1 is 1.07 bits per heavy atom. The van der Waals surface area contributed by atoms with E-state index in [4.69, 9.17) is 16.7 Å². The lowest BCUT2D eigenvalue weighted by Gasteiger charge is -2.14. The molecule has 1 aliphatic rings. The van der Waals surface area contributed by atoms with Crippen LogP contribution >= 0.6 is 27.5 Å². The van der Waals surface area contributed by atoms with Gasteiger partial charge >= 0.3 is 5.97 Å². The van der Waals surface area contributed by atoms with Crippen LogP contribution in [-0.4, -0.2) is 29.1 Å². The van der Waals surface area contributed by atoms with Crippen molar-refractivity contribution in [3.63, 3.8) is 0 Å². The molecule has 1 fully saturated rings. The Labute approximate surface area is 171 Å². The van der Waals surface area contributed by atoms with Crippen molar-refractivity contribution in [2.45, 2.75) is 5.92 Å². The number of hydrogen-bond donors (Lipinski definition) is 3. The molecule has 2 atom stereocenters. The number of carboxylic acids is 1. The van der Waals surface area contributed by atoms with Crippen molar-refractivity contribution in [3.05, 3.63) is 82.0 Å². The van der Waals surface area contributed by atoms with E-state index < -0.39 is 5.97 Å². The average molecular weight is 448 g/mol. The van der Waals surface area contributed by atoms with Gasteiger partial charge in [-0.2, -0.15) is 0 Å². The van der Waals surface area contributed by atoms with Gasteiger partial charge in [-0.1, -0.05) is 57.9 Å². The van der Waals surface area contributed by atoms with E-state index in [9.17, 15) is 4.79 Å². The highest BCUT2D eigenvalue weighted by molar-refractivity contribution is 9.10. The van der Waals surface area contributed by atoms with Crippen LogP contribution in [0.3, 0.4) is 0 Å². The van der Waals surface area contributed by atoms with Crippen LogP contribution in [-0.2, 0) is 4.79 Å². The second-order valence-electron chi connectivity index (χ2n) is 6.34. The quantitative estimate of drug-likeness (QED) is 0.519. The van der Waals surface area contributed by atoms with E-state index in [1.807, 2.05) is 42.7 Å². The van der Waals surface area contributed by atoms with Gasteiger partial charge < -0.3 is 15.4 Å². The Kier molecular flexibility index (Phi) is 6.72. The summed E-state index contributed by atoms with van der Waals surface area (Å²) in [4.78, 5) is 14.0. The molecule has 0 aliphatic carbocycles. The van der Waals surface area contributed by atoms with Crippen LogP contribution in [0.4, 0.5) is 0 Å². The Morgan fingerprint density at radius 3 is 2.44 bits per heavy atom. The van der Waals surface area contributed by atoms with E-state index in [1.54, 1.807) is 12.1 Å². The molecular formula is C21H20BrClN2O2. The lowest BCUT2D eigenvalue weighted by atomic mass is 9.89. The van der Waals surface area contributed by atoms with Gasteiger partial charge in [-0.3, -0.25) is 4.79 Å². The number of aromatic nitrogens is 1. The first-order valence-electron chi connectivity index (χ1n) is 8.63. The number of aromatic amines is 1. The topological polar surface area (TPSA) is 65.1 Å². The van der Waals surface area contributed by atoms with Crippen LogP contribution in [0.5, 0.6) is 0 Å². The van der Waals surface area contributed by atoms with E-state index in [1.165, 1.54) is 11.1 Å². The lowest BCUT2D eigenvalue weighted by molar-refractivity contribution is -0.141. The van der Waals surface area contributed by atoms with E-state index in [2.05, 4.69) is 38.4 Å². The first-order chi connectivity index (χ1) is 13.1. The number of halogens is 2.